The molecule has 0 radical (unpaired) electrons. The fourth-order valence-corrected chi connectivity index (χ4v) is 6.94. The Morgan fingerprint density at radius 2 is 1.27 bits per heavy atom. The van der Waals surface area contributed by atoms with Crippen LogP contribution in [-0.2, 0) is 52.8 Å². The monoisotopic (exact) mass is 887 g/mol. The molecule has 0 aliphatic carbocycles. The minimum absolute atomic E-state index is 0.0255. The molecule has 6 atom stereocenters. The van der Waals surface area contributed by atoms with Crippen LogP contribution in [0.15, 0.2) is 83.9 Å². The number of nitrogens with one attached hydrogen (secondary N) is 5. The first-order valence-electron chi connectivity index (χ1n) is 20.6. The van der Waals surface area contributed by atoms with E-state index < -0.39 is 90.8 Å². The molecule has 16 N–H and O–H groups in total. The molecule has 0 saturated carbocycles. The van der Waals surface area contributed by atoms with Crippen molar-refractivity contribution < 1.29 is 48.9 Å². The number of phenolic OH excluding ortho intramolecular Hbond substituents is 2. The van der Waals surface area contributed by atoms with Crippen molar-refractivity contribution in [3.05, 3.63) is 95.6 Å². The van der Waals surface area contributed by atoms with E-state index in [-0.39, 0.29) is 69.1 Å². The van der Waals surface area contributed by atoms with E-state index in [4.69, 9.17) is 22.9 Å². The second kappa shape index (κ2) is 24.4. The van der Waals surface area contributed by atoms with Crippen molar-refractivity contribution in [2.75, 3.05) is 26.2 Å². The van der Waals surface area contributed by atoms with Gasteiger partial charge in [0.05, 0.1) is 19.2 Å². The van der Waals surface area contributed by atoms with Gasteiger partial charge in [0.1, 0.15) is 41.7 Å². The second-order valence-electron chi connectivity index (χ2n) is 15.3. The van der Waals surface area contributed by atoms with Crippen molar-refractivity contribution >= 4 is 47.3 Å². The maximum absolute atomic E-state index is 14.1. The second-order valence-corrected chi connectivity index (χ2v) is 15.3. The van der Waals surface area contributed by atoms with E-state index in [0.717, 1.165) is 0 Å². The molecule has 0 aromatic heterocycles. The number of carbonyl (C=O) groups is 7. The minimum Gasteiger partial charge on any atom is -0.508 e. The van der Waals surface area contributed by atoms with Gasteiger partial charge in [-0.05, 0) is 73.1 Å². The van der Waals surface area contributed by atoms with Gasteiger partial charge in [0, 0.05) is 25.9 Å². The Morgan fingerprint density at radius 1 is 0.688 bits per heavy atom. The maximum atomic E-state index is 14.1. The summed E-state index contributed by atoms with van der Waals surface area (Å²) in [6.07, 6.45) is 0.934. The molecule has 1 heterocycles. The smallest absolute Gasteiger partial charge is 0.246 e. The number of aliphatic hydroxyl groups excluding tert-OH is 1. The Balaban J connectivity index is 1.49. The number of phenols is 2. The minimum atomic E-state index is -1.38. The molecule has 0 bridgehead atoms. The van der Waals surface area contributed by atoms with E-state index in [2.05, 4.69) is 31.6 Å². The van der Waals surface area contributed by atoms with Crippen LogP contribution in [0.1, 0.15) is 42.4 Å². The standard InChI is InChI=1S/C43H57N11O10/c44-30(20-26-10-14-28(56)15-11-26)38(60)51-31(8-4-18-48-43(46)47)40(62)52-32(21-25-6-2-1-3-7-25)39(61)49-23-36(58)50-33(22-27-12-16-29(57)17-13-27)42(64)54-19-5-9-35(54)41(63)53-34(24-55)37(45)59/h1-3,6-7,10-17,30-35,55-57H,4-5,8-9,18-24,44H2,(H2,45,59)(H,49,61)(H,50,58)(H,51,60)(H,52,62)(H,53,63)(H4,46,47,48)/t30-,31+,32-,33-,34-,35-/m0/s1. The average molecular weight is 888 g/mol. The Hall–Kier alpha value is -7.26. The number of aliphatic hydroxyl groups is 1. The lowest BCUT2D eigenvalue weighted by Gasteiger charge is -2.29. The number of amides is 7. The van der Waals surface area contributed by atoms with Gasteiger partial charge in [0.25, 0.3) is 0 Å². The molecule has 3 aromatic rings. The van der Waals surface area contributed by atoms with Crippen LogP contribution in [0.5, 0.6) is 11.5 Å². The van der Waals surface area contributed by atoms with Gasteiger partial charge >= 0.3 is 0 Å². The van der Waals surface area contributed by atoms with Gasteiger partial charge in [-0.2, -0.15) is 0 Å². The summed E-state index contributed by atoms with van der Waals surface area (Å²) in [4.78, 5) is 98.8. The SMILES string of the molecule is NC(=O)[C@H](CO)NC(=O)[C@@H]1CCCN1C(=O)[C@H](Cc1ccc(O)cc1)NC(=O)CNC(=O)[C@H](Cc1ccccc1)NC(=O)[C@@H](CCCN=C(N)N)NC(=O)[C@@H](N)Cc1ccc(O)cc1. The zero-order valence-electron chi connectivity index (χ0n) is 35.2. The van der Waals surface area contributed by atoms with Crippen LogP contribution in [0.25, 0.3) is 0 Å². The first-order chi connectivity index (χ1) is 30.5. The first kappa shape index (κ1) is 49.4. The third-order valence-electron chi connectivity index (χ3n) is 10.3. The molecule has 64 heavy (non-hydrogen) atoms. The van der Waals surface area contributed by atoms with E-state index in [9.17, 15) is 48.9 Å². The number of primary amides is 1. The van der Waals surface area contributed by atoms with Crippen LogP contribution in [0.3, 0.4) is 0 Å². The molecular formula is C43H57N11O10. The topological polar surface area (TPSA) is 360 Å². The van der Waals surface area contributed by atoms with Crippen molar-refractivity contribution in [2.24, 2.45) is 27.9 Å². The van der Waals surface area contributed by atoms with Crippen LogP contribution in [0, 0.1) is 0 Å². The Morgan fingerprint density at radius 3 is 1.86 bits per heavy atom. The molecule has 1 saturated heterocycles. The normalized spacial score (nSPS) is 15.6. The lowest BCUT2D eigenvalue weighted by molar-refractivity contribution is -0.142. The summed E-state index contributed by atoms with van der Waals surface area (Å²) in [6, 6.07) is 13.5. The molecule has 1 fully saturated rings. The number of hydrogen-bond donors (Lipinski definition) is 12. The number of rotatable bonds is 23. The molecule has 0 spiro atoms. The van der Waals surface area contributed by atoms with Crippen molar-refractivity contribution in [2.45, 2.75) is 81.2 Å². The zero-order valence-corrected chi connectivity index (χ0v) is 35.2. The molecule has 0 unspecified atom stereocenters. The van der Waals surface area contributed by atoms with Gasteiger partial charge in [-0.3, -0.25) is 38.6 Å². The summed E-state index contributed by atoms with van der Waals surface area (Å²) in [5.74, 6) is -5.45. The molecular weight excluding hydrogens is 831 g/mol. The van der Waals surface area contributed by atoms with Gasteiger partial charge in [-0.15, -0.1) is 0 Å². The fourth-order valence-electron chi connectivity index (χ4n) is 6.94. The summed E-state index contributed by atoms with van der Waals surface area (Å²) in [7, 11) is 0. The number of carbonyl (C=O) groups excluding carboxylic acids is 7. The highest BCUT2D eigenvalue weighted by molar-refractivity contribution is 5.96. The predicted molar refractivity (Wildman–Crippen MR) is 233 cm³/mol. The van der Waals surface area contributed by atoms with E-state index in [0.29, 0.717) is 23.1 Å². The molecule has 7 amide bonds. The van der Waals surface area contributed by atoms with Gasteiger partial charge in [0.15, 0.2) is 5.96 Å². The van der Waals surface area contributed by atoms with Crippen molar-refractivity contribution in [1.82, 2.24) is 31.5 Å². The molecule has 21 nitrogen and oxygen atoms in total. The molecule has 3 aromatic carbocycles. The van der Waals surface area contributed by atoms with Crippen molar-refractivity contribution in [1.29, 1.82) is 0 Å². The first-order valence-corrected chi connectivity index (χ1v) is 20.6. The van der Waals surface area contributed by atoms with Crippen molar-refractivity contribution in [3.8, 4) is 11.5 Å². The van der Waals surface area contributed by atoms with Crippen LogP contribution in [0.4, 0.5) is 0 Å². The fraction of sp³-hybridized carbons (Fsp3) is 0.395. The number of guanidine groups is 1. The molecule has 1 aliphatic heterocycles. The van der Waals surface area contributed by atoms with Crippen LogP contribution < -0.4 is 49.5 Å². The third-order valence-corrected chi connectivity index (χ3v) is 10.3. The zero-order chi connectivity index (χ0) is 46.8. The number of likely N-dealkylation sites (tertiary alicyclic amines) is 1. The van der Waals surface area contributed by atoms with E-state index in [1.165, 1.54) is 29.2 Å². The van der Waals surface area contributed by atoms with E-state index >= 15 is 0 Å². The highest BCUT2D eigenvalue weighted by Crippen LogP contribution is 2.21. The quantitative estimate of drug-likeness (QED) is 0.0258. The highest BCUT2D eigenvalue weighted by Gasteiger charge is 2.39. The molecule has 1 aliphatic rings. The number of nitrogens with two attached hydrogens (primary N) is 4. The Kier molecular flexibility index (Phi) is 18.8. The summed E-state index contributed by atoms with van der Waals surface area (Å²) in [5, 5.41) is 41.8. The Labute approximate surface area is 369 Å². The van der Waals surface area contributed by atoms with Crippen molar-refractivity contribution in [3.63, 3.8) is 0 Å². The maximum Gasteiger partial charge on any atom is 0.246 e. The number of aromatic hydroxyl groups is 2. The number of hydrogen-bond acceptors (Lipinski definition) is 12. The van der Waals surface area contributed by atoms with E-state index in [1.54, 1.807) is 54.6 Å². The summed E-state index contributed by atoms with van der Waals surface area (Å²) < 4.78 is 0. The van der Waals surface area contributed by atoms with Gasteiger partial charge in [-0.1, -0.05) is 54.6 Å². The van der Waals surface area contributed by atoms with E-state index in [1.807, 2.05) is 0 Å². The summed E-state index contributed by atoms with van der Waals surface area (Å²) in [6.45, 7) is -1.13. The van der Waals surface area contributed by atoms with Gasteiger partial charge < -0.3 is 69.7 Å². The molecule has 4 rings (SSSR count). The number of nitrogens with zero attached hydrogens (tertiary/aromatic N) is 2. The Bertz CT molecular complexity index is 2100. The van der Waals surface area contributed by atoms with Crippen LogP contribution in [-0.4, -0.2) is 130 Å². The lowest BCUT2D eigenvalue weighted by atomic mass is 10.0. The van der Waals surface area contributed by atoms with Crippen LogP contribution in [0.2, 0.25) is 0 Å². The largest absolute Gasteiger partial charge is 0.508 e. The average Bonchev–Trinajstić information content (AvgIpc) is 3.77. The molecule has 21 heteroatoms. The number of benzene rings is 3. The summed E-state index contributed by atoms with van der Waals surface area (Å²) >= 11 is 0. The lowest BCUT2D eigenvalue weighted by Crippen LogP contribution is -2.58. The highest BCUT2D eigenvalue weighted by atomic mass is 16.3. The third kappa shape index (κ3) is 15.6. The van der Waals surface area contributed by atoms with Gasteiger partial charge in [0.2, 0.25) is 41.4 Å². The molecule has 344 valence electrons. The number of aliphatic imine (C=N–C) groups is 1. The predicted octanol–water partition coefficient (Wildman–Crippen LogP) is -2.97. The summed E-state index contributed by atoms with van der Waals surface area (Å²) in [5.41, 5.74) is 24.2. The van der Waals surface area contributed by atoms with Gasteiger partial charge in [-0.25, -0.2) is 0 Å². The van der Waals surface area contributed by atoms with Crippen LogP contribution >= 0.6 is 0 Å².